The predicted molar refractivity (Wildman–Crippen MR) is 92.5 cm³/mol. The Morgan fingerprint density at radius 1 is 1.35 bits per heavy atom. The number of oxazole rings is 1. The normalized spacial score (nSPS) is 10.7. The molecule has 2 rings (SSSR count). The number of carbonyl (C=O) groups excluding carboxylic acids is 1. The zero-order valence-corrected chi connectivity index (χ0v) is 14.5. The van der Waals surface area contributed by atoms with Crippen LogP contribution in [0.5, 0.6) is 0 Å². The smallest absolute Gasteiger partial charge is 0.230 e. The van der Waals surface area contributed by atoms with Crippen molar-refractivity contribution in [3.8, 4) is 11.5 Å². The first kappa shape index (κ1) is 17.6. The van der Waals surface area contributed by atoms with Crippen molar-refractivity contribution >= 4 is 17.7 Å². The average molecular weight is 334 g/mol. The van der Waals surface area contributed by atoms with Crippen LogP contribution in [0.4, 0.5) is 0 Å². The minimum absolute atomic E-state index is 0.00678. The number of nitrogens with one attached hydrogen (secondary N) is 1. The monoisotopic (exact) mass is 334 g/mol. The Morgan fingerprint density at radius 3 is 2.87 bits per heavy atom. The minimum Gasteiger partial charge on any atom is -0.441 e. The van der Waals surface area contributed by atoms with Gasteiger partial charge in [-0.05, 0) is 25.5 Å². The van der Waals surface area contributed by atoms with E-state index in [0.29, 0.717) is 30.5 Å². The third-order valence-corrected chi connectivity index (χ3v) is 4.31. The molecule has 1 heterocycles. The van der Waals surface area contributed by atoms with Crippen LogP contribution in [0.25, 0.3) is 11.5 Å². The van der Waals surface area contributed by atoms with Gasteiger partial charge in [-0.1, -0.05) is 18.2 Å². The second-order valence-electron chi connectivity index (χ2n) is 5.17. The number of rotatable bonds is 8. The van der Waals surface area contributed by atoms with Crippen LogP contribution in [0.15, 0.2) is 28.7 Å². The summed E-state index contributed by atoms with van der Waals surface area (Å²) in [5, 5.41) is 2.79. The van der Waals surface area contributed by atoms with Gasteiger partial charge in [0.1, 0.15) is 5.76 Å². The summed E-state index contributed by atoms with van der Waals surface area (Å²) in [6.45, 7) is 5.01. The topological polar surface area (TPSA) is 64.4 Å². The summed E-state index contributed by atoms with van der Waals surface area (Å²) in [5.41, 5.74) is 3.02. The molecule has 0 saturated carbocycles. The van der Waals surface area contributed by atoms with Crippen molar-refractivity contribution in [2.24, 2.45) is 0 Å². The lowest BCUT2D eigenvalue weighted by molar-refractivity contribution is -0.118. The SMILES string of the molecule is COCCNC(=O)CSCc1nc(-c2ccccc2C)oc1C. The Bertz CT molecular complexity index is 655. The zero-order valence-electron chi connectivity index (χ0n) is 13.7. The standard InChI is InChI=1S/C17H22N2O3S/c1-12-6-4-5-7-14(12)17-19-15(13(2)22-17)10-23-11-16(20)18-8-9-21-3/h4-7H,8-11H2,1-3H3,(H,18,20). The molecule has 1 amide bonds. The van der Waals surface area contributed by atoms with Gasteiger partial charge in [-0.2, -0.15) is 0 Å². The number of amides is 1. The second-order valence-corrected chi connectivity index (χ2v) is 6.16. The molecule has 1 aromatic carbocycles. The van der Waals surface area contributed by atoms with Crippen LogP contribution < -0.4 is 5.32 Å². The maximum Gasteiger partial charge on any atom is 0.230 e. The van der Waals surface area contributed by atoms with Gasteiger partial charge in [0.2, 0.25) is 11.8 Å². The highest BCUT2D eigenvalue weighted by molar-refractivity contribution is 7.99. The molecule has 23 heavy (non-hydrogen) atoms. The number of aromatic nitrogens is 1. The number of hydrogen-bond acceptors (Lipinski definition) is 5. The van der Waals surface area contributed by atoms with Gasteiger partial charge in [-0.25, -0.2) is 4.98 Å². The molecule has 5 nitrogen and oxygen atoms in total. The first-order chi connectivity index (χ1) is 11.1. The maximum absolute atomic E-state index is 11.6. The van der Waals surface area contributed by atoms with E-state index in [0.717, 1.165) is 22.6 Å². The molecule has 0 radical (unpaired) electrons. The summed E-state index contributed by atoms with van der Waals surface area (Å²) in [7, 11) is 1.61. The Labute approximate surface area is 140 Å². The summed E-state index contributed by atoms with van der Waals surface area (Å²) < 4.78 is 10.7. The second kappa shape index (κ2) is 8.74. The van der Waals surface area contributed by atoms with Gasteiger partial charge < -0.3 is 14.5 Å². The molecule has 0 spiro atoms. The van der Waals surface area contributed by atoms with Gasteiger partial charge in [0.15, 0.2) is 0 Å². The Hall–Kier alpha value is -1.79. The number of carbonyl (C=O) groups is 1. The zero-order chi connectivity index (χ0) is 16.7. The van der Waals surface area contributed by atoms with E-state index in [4.69, 9.17) is 9.15 Å². The molecule has 2 aromatic rings. The number of benzene rings is 1. The van der Waals surface area contributed by atoms with E-state index >= 15 is 0 Å². The number of aryl methyl sites for hydroxylation is 2. The van der Waals surface area contributed by atoms with E-state index in [1.165, 1.54) is 11.8 Å². The van der Waals surface area contributed by atoms with E-state index in [1.54, 1.807) is 7.11 Å². The summed E-state index contributed by atoms with van der Waals surface area (Å²) in [5.74, 6) is 2.50. The third kappa shape index (κ3) is 5.11. The molecule has 1 N–H and O–H groups in total. The van der Waals surface area contributed by atoms with Crippen molar-refractivity contribution < 1.29 is 13.9 Å². The largest absolute Gasteiger partial charge is 0.441 e. The maximum atomic E-state index is 11.6. The highest BCUT2D eigenvalue weighted by Crippen LogP contribution is 2.26. The molecule has 0 atom stereocenters. The highest BCUT2D eigenvalue weighted by atomic mass is 32.2. The van der Waals surface area contributed by atoms with E-state index < -0.39 is 0 Å². The molecule has 124 valence electrons. The lowest BCUT2D eigenvalue weighted by Gasteiger charge is -2.03. The van der Waals surface area contributed by atoms with Gasteiger partial charge >= 0.3 is 0 Å². The number of thioether (sulfide) groups is 1. The first-order valence-corrected chi connectivity index (χ1v) is 8.63. The predicted octanol–water partition coefficient (Wildman–Crippen LogP) is 2.95. The van der Waals surface area contributed by atoms with Gasteiger partial charge in [0.05, 0.1) is 18.1 Å². The summed E-state index contributed by atoms with van der Waals surface area (Å²) in [6.07, 6.45) is 0. The number of hydrogen-bond donors (Lipinski definition) is 1. The fourth-order valence-corrected chi connectivity index (χ4v) is 2.92. The molecule has 6 heteroatoms. The Morgan fingerprint density at radius 2 is 2.13 bits per heavy atom. The molecule has 0 bridgehead atoms. The first-order valence-electron chi connectivity index (χ1n) is 7.47. The fourth-order valence-electron chi connectivity index (χ4n) is 2.07. The van der Waals surface area contributed by atoms with Crippen LogP contribution in [-0.2, 0) is 15.3 Å². The summed E-state index contributed by atoms with van der Waals surface area (Å²) in [4.78, 5) is 16.2. The van der Waals surface area contributed by atoms with Crippen molar-refractivity contribution in [3.63, 3.8) is 0 Å². The van der Waals surface area contributed by atoms with Gasteiger partial charge in [-0.15, -0.1) is 11.8 Å². The molecular weight excluding hydrogens is 312 g/mol. The van der Waals surface area contributed by atoms with Crippen LogP contribution in [0.1, 0.15) is 17.0 Å². The summed E-state index contributed by atoms with van der Waals surface area (Å²) in [6, 6.07) is 8.00. The molecular formula is C17H22N2O3S. The van der Waals surface area contributed by atoms with Crippen LogP contribution >= 0.6 is 11.8 Å². The van der Waals surface area contributed by atoms with Gasteiger partial charge in [-0.3, -0.25) is 4.79 Å². The van der Waals surface area contributed by atoms with Crippen LogP contribution in [0.2, 0.25) is 0 Å². The van der Waals surface area contributed by atoms with E-state index in [1.807, 2.05) is 38.1 Å². The molecule has 0 fully saturated rings. The van der Waals surface area contributed by atoms with Gasteiger partial charge in [0.25, 0.3) is 0 Å². The van der Waals surface area contributed by atoms with Crippen molar-refractivity contribution in [3.05, 3.63) is 41.3 Å². The highest BCUT2D eigenvalue weighted by Gasteiger charge is 2.13. The van der Waals surface area contributed by atoms with Crippen molar-refractivity contribution in [1.29, 1.82) is 0 Å². The molecule has 1 aromatic heterocycles. The van der Waals surface area contributed by atoms with Gasteiger partial charge in [0, 0.05) is 25.0 Å². The van der Waals surface area contributed by atoms with E-state index in [-0.39, 0.29) is 5.91 Å². The van der Waals surface area contributed by atoms with Crippen molar-refractivity contribution in [1.82, 2.24) is 10.3 Å². The van der Waals surface area contributed by atoms with Crippen LogP contribution in [-0.4, -0.2) is 36.9 Å². The number of ether oxygens (including phenoxy) is 1. The van der Waals surface area contributed by atoms with E-state index in [9.17, 15) is 4.79 Å². The number of nitrogens with zero attached hydrogens (tertiary/aromatic N) is 1. The molecule has 0 saturated heterocycles. The molecule has 0 aliphatic rings. The third-order valence-electron chi connectivity index (χ3n) is 3.37. The Kier molecular flexibility index (Phi) is 6.67. The van der Waals surface area contributed by atoms with Crippen LogP contribution in [0.3, 0.4) is 0 Å². The molecule has 0 unspecified atom stereocenters. The van der Waals surface area contributed by atoms with Crippen LogP contribution in [0, 0.1) is 13.8 Å². The lowest BCUT2D eigenvalue weighted by Crippen LogP contribution is -2.28. The van der Waals surface area contributed by atoms with E-state index in [2.05, 4.69) is 10.3 Å². The quantitative estimate of drug-likeness (QED) is 0.752. The minimum atomic E-state index is 0.00678. The number of methoxy groups -OCH3 is 1. The van der Waals surface area contributed by atoms with Crippen molar-refractivity contribution in [2.45, 2.75) is 19.6 Å². The lowest BCUT2D eigenvalue weighted by atomic mass is 10.1. The Balaban J connectivity index is 1.90. The molecule has 0 aliphatic carbocycles. The molecule has 0 aliphatic heterocycles. The van der Waals surface area contributed by atoms with Crippen molar-refractivity contribution in [2.75, 3.05) is 26.0 Å². The fraction of sp³-hybridized carbons (Fsp3) is 0.412. The summed E-state index contributed by atoms with van der Waals surface area (Å²) >= 11 is 1.52. The average Bonchev–Trinajstić information content (AvgIpc) is 2.89.